The molecule has 0 radical (unpaired) electrons. The van der Waals surface area contributed by atoms with E-state index < -0.39 is 0 Å². The van der Waals surface area contributed by atoms with Gasteiger partial charge in [-0.1, -0.05) is 24.3 Å². The maximum atomic E-state index is 12.6. The number of rotatable bonds is 1. The molecule has 1 N–H and O–H groups in total. The smallest absolute Gasteiger partial charge is 0.273 e. The molecule has 0 bridgehead atoms. The number of hydrogen-bond acceptors (Lipinski definition) is 3. The summed E-state index contributed by atoms with van der Waals surface area (Å²) in [4.78, 5) is 18.8. The topological polar surface area (TPSA) is 45.2 Å². The monoisotopic (exact) mass is 255 g/mol. The summed E-state index contributed by atoms with van der Waals surface area (Å²) >= 11 is 0. The number of hydrogen-bond donors (Lipinski definition) is 1. The zero-order chi connectivity index (χ0) is 13.2. The number of piperazine rings is 1. The highest BCUT2D eigenvalue weighted by Crippen LogP contribution is 2.18. The highest BCUT2D eigenvalue weighted by Gasteiger charge is 2.23. The first-order valence-corrected chi connectivity index (χ1v) is 6.62. The molecule has 1 aromatic heterocycles. The second-order valence-corrected chi connectivity index (χ2v) is 4.99. The molecule has 4 nitrogen and oxygen atoms in total. The Balaban J connectivity index is 1.97. The van der Waals surface area contributed by atoms with E-state index >= 15 is 0 Å². The van der Waals surface area contributed by atoms with Crippen LogP contribution in [0.2, 0.25) is 0 Å². The molecule has 2 heterocycles. The van der Waals surface area contributed by atoms with Crippen LogP contribution in [0.3, 0.4) is 0 Å². The summed E-state index contributed by atoms with van der Waals surface area (Å²) < 4.78 is 0. The zero-order valence-electron chi connectivity index (χ0n) is 11.0. The Labute approximate surface area is 112 Å². The maximum Gasteiger partial charge on any atom is 0.273 e. The van der Waals surface area contributed by atoms with E-state index in [0.717, 1.165) is 30.4 Å². The molecular weight excluding hydrogens is 238 g/mol. The van der Waals surface area contributed by atoms with E-state index in [4.69, 9.17) is 0 Å². The number of carbonyl (C=O) groups excluding carboxylic acids is 1. The lowest BCUT2D eigenvalue weighted by Gasteiger charge is -2.31. The minimum Gasteiger partial charge on any atom is -0.334 e. The van der Waals surface area contributed by atoms with Crippen molar-refractivity contribution in [1.82, 2.24) is 15.2 Å². The second-order valence-electron chi connectivity index (χ2n) is 4.99. The van der Waals surface area contributed by atoms with E-state index in [2.05, 4.69) is 17.2 Å². The Hall–Kier alpha value is -1.94. The van der Waals surface area contributed by atoms with Crippen LogP contribution in [0, 0.1) is 0 Å². The van der Waals surface area contributed by atoms with Crippen LogP contribution in [-0.2, 0) is 0 Å². The quantitative estimate of drug-likeness (QED) is 0.843. The number of fused-ring (bicyclic) bond motifs is 1. The van der Waals surface area contributed by atoms with E-state index in [1.807, 2.05) is 35.2 Å². The lowest BCUT2D eigenvalue weighted by atomic mass is 10.1. The summed E-state index contributed by atoms with van der Waals surface area (Å²) in [6, 6.07) is 10.2. The summed E-state index contributed by atoms with van der Waals surface area (Å²) in [5, 5.41) is 5.33. The highest BCUT2D eigenvalue weighted by molar-refractivity contribution is 6.05. The molecule has 1 aliphatic heterocycles. The maximum absolute atomic E-state index is 12.6. The molecule has 98 valence electrons. The van der Waals surface area contributed by atoms with Gasteiger partial charge in [-0.05, 0) is 18.4 Å². The summed E-state index contributed by atoms with van der Waals surface area (Å²) in [7, 11) is 0. The Kier molecular flexibility index (Phi) is 3.17. The van der Waals surface area contributed by atoms with E-state index in [1.54, 1.807) is 6.20 Å². The van der Waals surface area contributed by atoms with E-state index in [0.29, 0.717) is 11.7 Å². The van der Waals surface area contributed by atoms with Crippen LogP contribution in [0.15, 0.2) is 36.5 Å². The molecule has 1 aromatic carbocycles. The number of nitrogens with one attached hydrogen (secondary N) is 1. The van der Waals surface area contributed by atoms with Crippen molar-refractivity contribution in [3.63, 3.8) is 0 Å². The molecule has 1 saturated heterocycles. The summed E-state index contributed by atoms with van der Waals surface area (Å²) in [6.45, 7) is 4.42. The van der Waals surface area contributed by atoms with Crippen molar-refractivity contribution in [1.29, 1.82) is 0 Å². The van der Waals surface area contributed by atoms with Crippen molar-refractivity contribution in [2.24, 2.45) is 0 Å². The van der Waals surface area contributed by atoms with Gasteiger partial charge in [0.1, 0.15) is 5.69 Å². The van der Waals surface area contributed by atoms with Crippen LogP contribution in [0.25, 0.3) is 10.8 Å². The van der Waals surface area contributed by atoms with Crippen molar-refractivity contribution < 1.29 is 4.79 Å². The number of benzene rings is 1. The van der Waals surface area contributed by atoms with Crippen molar-refractivity contribution in [3.05, 3.63) is 42.2 Å². The number of aromatic nitrogens is 1. The average Bonchev–Trinajstić information content (AvgIpc) is 2.46. The molecule has 1 unspecified atom stereocenters. The molecule has 2 aromatic rings. The lowest BCUT2D eigenvalue weighted by molar-refractivity contribution is 0.0705. The van der Waals surface area contributed by atoms with Gasteiger partial charge < -0.3 is 10.2 Å². The Morgan fingerprint density at radius 3 is 3.05 bits per heavy atom. The Bertz CT molecular complexity index is 606. The minimum atomic E-state index is 0.0325. The van der Waals surface area contributed by atoms with Crippen molar-refractivity contribution in [2.75, 3.05) is 19.6 Å². The third kappa shape index (κ3) is 2.31. The molecule has 1 aliphatic rings. The zero-order valence-corrected chi connectivity index (χ0v) is 11.0. The predicted molar refractivity (Wildman–Crippen MR) is 75.1 cm³/mol. The highest BCUT2D eigenvalue weighted by atomic mass is 16.2. The van der Waals surface area contributed by atoms with Crippen molar-refractivity contribution >= 4 is 16.7 Å². The second kappa shape index (κ2) is 4.97. The fraction of sp³-hybridized carbons (Fsp3) is 0.333. The van der Waals surface area contributed by atoms with Gasteiger partial charge in [-0.25, -0.2) is 0 Å². The molecule has 1 atom stereocenters. The van der Waals surface area contributed by atoms with Gasteiger partial charge >= 0.3 is 0 Å². The minimum absolute atomic E-state index is 0.0325. The first-order chi connectivity index (χ1) is 9.25. The molecule has 0 saturated carbocycles. The van der Waals surface area contributed by atoms with Crippen LogP contribution < -0.4 is 5.32 Å². The van der Waals surface area contributed by atoms with Gasteiger partial charge in [0.05, 0.1) is 0 Å². The third-order valence-electron chi connectivity index (χ3n) is 3.53. The van der Waals surface area contributed by atoms with Gasteiger partial charge in [-0.15, -0.1) is 0 Å². The summed E-state index contributed by atoms with van der Waals surface area (Å²) in [5.41, 5.74) is 0.562. The van der Waals surface area contributed by atoms with Crippen LogP contribution in [-0.4, -0.2) is 41.5 Å². The van der Waals surface area contributed by atoms with Crippen LogP contribution >= 0.6 is 0 Å². The first kappa shape index (κ1) is 12.1. The number of nitrogens with zero attached hydrogens (tertiary/aromatic N) is 2. The molecule has 0 spiro atoms. The summed E-state index contributed by atoms with van der Waals surface area (Å²) in [5.74, 6) is 0.0325. The van der Waals surface area contributed by atoms with E-state index in [1.165, 1.54) is 0 Å². The molecule has 19 heavy (non-hydrogen) atoms. The Morgan fingerprint density at radius 2 is 2.21 bits per heavy atom. The summed E-state index contributed by atoms with van der Waals surface area (Å²) in [6.07, 6.45) is 1.71. The number of amides is 1. The van der Waals surface area contributed by atoms with Gasteiger partial charge in [0.2, 0.25) is 0 Å². The SMILES string of the molecule is CC1CN(C(=O)c2nccc3ccccc23)CCN1. The fourth-order valence-corrected chi connectivity index (χ4v) is 2.56. The first-order valence-electron chi connectivity index (χ1n) is 6.62. The lowest BCUT2D eigenvalue weighted by Crippen LogP contribution is -2.51. The molecule has 1 fully saturated rings. The van der Waals surface area contributed by atoms with Gasteiger partial charge in [0.25, 0.3) is 5.91 Å². The van der Waals surface area contributed by atoms with E-state index in [9.17, 15) is 4.79 Å². The van der Waals surface area contributed by atoms with Crippen LogP contribution in [0.5, 0.6) is 0 Å². The van der Waals surface area contributed by atoms with Gasteiger partial charge in [-0.3, -0.25) is 9.78 Å². The van der Waals surface area contributed by atoms with Gasteiger partial charge in [-0.2, -0.15) is 0 Å². The number of carbonyl (C=O) groups is 1. The Morgan fingerprint density at radius 1 is 1.37 bits per heavy atom. The van der Waals surface area contributed by atoms with Crippen LogP contribution in [0.1, 0.15) is 17.4 Å². The van der Waals surface area contributed by atoms with Crippen molar-refractivity contribution in [2.45, 2.75) is 13.0 Å². The van der Waals surface area contributed by atoms with Gasteiger partial charge in [0, 0.05) is 37.3 Å². The normalized spacial score (nSPS) is 19.6. The molecule has 3 rings (SSSR count). The molecule has 0 aliphatic carbocycles. The van der Waals surface area contributed by atoms with E-state index in [-0.39, 0.29) is 5.91 Å². The van der Waals surface area contributed by atoms with Crippen molar-refractivity contribution in [3.8, 4) is 0 Å². The van der Waals surface area contributed by atoms with Gasteiger partial charge in [0.15, 0.2) is 0 Å². The number of pyridine rings is 1. The molecular formula is C15H17N3O. The van der Waals surface area contributed by atoms with Crippen LogP contribution in [0.4, 0.5) is 0 Å². The largest absolute Gasteiger partial charge is 0.334 e. The third-order valence-corrected chi connectivity index (χ3v) is 3.53. The molecule has 4 heteroatoms. The fourth-order valence-electron chi connectivity index (χ4n) is 2.56. The average molecular weight is 255 g/mol. The molecule has 1 amide bonds. The standard InChI is InChI=1S/C15H17N3O/c1-11-10-18(9-8-16-11)15(19)14-13-5-3-2-4-12(13)6-7-17-14/h2-7,11,16H,8-10H2,1H3. The predicted octanol–water partition coefficient (Wildman–Crippen LogP) is 1.67.